The lowest BCUT2D eigenvalue weighted by atomic mass is 9.84. The van der Waals surface area contributed by atoms with E-state index in [0.29, 0.717) is 5.92 Å². The molecule has 0 heterocycles. The normalized spacial score (nSPS) is 15.0. The van der Waals surface area contributed by atoms with Crippen molar-refractivity contribution in [3.63, 3.8) is 0 Å². The first kappa shape index (κ1) is 30.2. The van der Waals surface area contributed by atoms with Crippen LogP contribution in [0.15, 0.2) is 175 Å². The average molecular weight is 642 g/mol. The summed E-state index contributed by atoms with van der Waals surface area (Å²) in [5.74, 6) is 0.513. The highest BCUT2D eigenvalue weighted by molar-refractivity contribution is 6.26. The smallest absolute Gasteiger partial charge is 0.0546 e. The zero-order chi connectivity index (χ0) is 33.6. The maximum Gasteiger partial charge on any atom is 0.0546 e. The van der Waals surface area contributed by atoms with E-state index in [1.807, 2.05) is 0 Å². The Bertz CT molecular complexity index is 2600. The van der Waals surface area contributed by atoms with Crippen LogP contribution in [0.4, 0.5) is 17.1 Å². The number of allylic oxidation sites excluding steroid dienone is 6. The molecule has 0 bridgehead atoms. The molecule has 8 aromatic carbocycles. The van der Waals surface area contributed by atoms with E-state index in [0.717, 1.165) is 12.8 Å². The number of hydrogen-bond donors (Lipinski definition) is 0. The molecule has 50 heavy (non-hydrogen) atoms. The minimum atomic E-state index is 0.513. The van der Waals surface area contributed by atoms with Gasteiger partial charge < -0.3 is 4.90 Å². The van der Waals surface area contributed by atoms with Gasteiger partial charge in [0, 0.05) is 16.2 Å². The van der Waals surface area contributed by atoms with Crippen LogP contribution in [0.3, 0.4) is 0 Å². The fourth-order valence-electron chi connectivity index (χ4n) is 8.06. The number of hydrogen-bond acceptors (Lipinski definition) is 1. The van der Waals surface area contributed by atoms with Crippen molar-refractivity contribution < 1.29 is 0 Å². The second kappa shape index (κ2) is 12.5. The molecule has 1 atom stereocenters. The molecule has 0 fully saturated rings. The van der Waals surface area contributed by atoms with Crippen molar-refractivity contribution in [3.05, 3.63) is 181 Å². The van der Waals surface area contributed by atoms with Gasteiger partial charge in [-0.3, -0.25) is 0 Å². The fourth-order valence-corrected chi connectivity index (χ4v) is 8.06. The van der Waals surface area contributed by atoms with E-state index in [-0.39, 0.29) is 0 Å². The van der Waals surface area contributed by atoms with Crippen LogP contribution in [0.1, 0.15) is 32.3 Å². The molecule has 0 radical (unpaired) electrons. The molecule has 0 aliphatic heterocycles. The van der Waals surface area contributed by atoms with Gasteiger partial charge in [-0.1, -0.05) is 159 Å². The van der Waals surface area contributed by atoms with Crippen LogP contribution < -0.4 is 4.90 Å². The van der Waals surface area contributed by atoms with Crippen molar-refractivity contribution in [2.75, 3.05) is 4.90 Å². The van der Waals surface area contributed by atoms with Gasteiger partial charge in [0.25, 0.3) is 0 Å². The average Bonchev–Trinajstić information content (AvgIpc) is 3.17. The molecule has 1 heteroatoms. The molecule has 1 aliphatic carbocycles. The minimum Gasteiger partial charge on any atom is -0.309 e. The molecule has 0 saturated carbocycles. The standard InChI is InChI=1S/C49H39N/c1-3-4-15-36-30-37(29-28-33(36)2)45-31-38-32-48(42-23-10-12-25-44(42)49(38)43-24-11-9-22-41(43)45)50(46-26-13-18-34-16-5-7-20-39(34)46)47-27-14-19-35-17-6-8-21-40(35)47/h4-27,29-33H,3,28H2,1-2H3/b15-4-. The summed E-state index contributed by atoms with van der Waals surface area (Å²) in [7, 11) is 0. The summed E-state index contributed by atoms with van der Waals surface area (Å²) < 4.78 is 0. The molecule has 1 nitrogen and oxygen atoms in total. The predicted molar refractivity (Wildman–Crippen MR) is 218 cm³/mol. The quantitative estimate of drug-likeness (QED) is 0.163. The Balaban J connectivity index is 1.39. The van der Waals surface area contributed by atoms with Crippen molar-refractivity contribution in [2.45, 2.75) is 26.7 Å². The van der Waals surface area contributed by atoms with Gasteiger partial charge >= 0.3 is 0 Å². The van der Waals surface area contributed by atoms with E-state index in [2.05, 4.69) is 189 Å². The van der Waals surface area contributed by atoms with Gasteiger partial charge in [-0.2, -0.15) is 0 Å². The summed E-state index contributed by atoms with van der Waals surface area (Å²) in [5, 5.41) is 12.6. The lowest BCUT2D eigenvalue weighted by molar-refractivity contribution is 0.706. The van der Waals surface area contributed by atoms with Gasteiger partial charge in [-0.15, -0.1) is 0 Å². The van der Waals surface area contributed by atoms with Crippen molar-refractivity contribution in [1.82, 2.24) is 0 Å². The molecule has 0 saturated heterocycles. The van der Waals surface area contributed by atoms with E-state index in [9.17, 15) is 0 Å². The molecule has 240 valence electrons. The lowest BCUT2D eigenvalue weighted by Gasteiger charge is -2.30. The molecule has 8 aromatic rings. The Morgan fingerprint density at radius 2 is 1.10 bits per heavy atom. The first-order valence-corrected chi connectivity index (χ1v) is 17.9. The first-order chi connectivity index (χ1) is 24.7. The zero-order valence-corrected chi connectivity index (χ0v) is 28.6. The van der Waals surface area contributed by atoms with Crippen LogP contribution in [-0.2, 0) is 0 Å². The van der Waals surface area contributed by atoms with Crippen molar-refractivity contribution in [2.24, 2.45) is 5.92 Å². The molecule has 9 rings (SSSR count). The second-order valence-electron chi connectivity index (χ2n) is 13.6. The van der Waals surface area contributed by atoms with Gasteiger partial charge in [0.1, 0.15) is 0 Å². The predicted octanol–water partition coefficient (Wildman–Crippen LogP) is 14.2. The SMILES string of the molecule is CC/C=C\C1=CC(c2cc3cc(N(c4cccc5ccccc45)c4cccc5ccccc45)c4ccccc4c3c3ccccc23)=CCC1C. The van der Waals surface area contributed by atoms with E-state index in [4.69, 9.17) is 0 Å². The third kappa shape index (κ3) is 5.01. The third-order valence-electron chi connectivity index (χ3n) is 10.5. The Hall–Kier alpha value is -5.92. The van der Waals surface area contributed by atoms with E-state index in [1.54, 1.807) is 0 Å². The van der Waals surface area contributed by atoms with Crippen molar-refractivity contribution in [1.29, 1.82) is 0 Å². The van der Waals surface area contributed by atoms with Gasteiger partial charge in [0.2, 0.25) is 0 Å². The van der Waals surface area contributed by atoms with Crippen LogP contribution >= 0.6 is 0 Å². The van der Waals surface area contributed by atoms with E-state index < -0.39 is 0 Å². The Morgan fingerprint density at radius 1 is 0.560 bits per heavy atom. The molecular weight excluding hydrogens is 603 g/mol. The van der Waals surface area contributed by atoms with Crippen LogP contribution in [0.25, 0.3) is 59.4 Å². The van der Waals surface area contributed by atoms with E-state index >= 15 is 0 Å². The molecule has 0 N–H and O–H groups in total. The third-order valence-corrected chi connectivity index (χ3v) is 10.5. The zero-order valence-electron chi connectivity index (χ0n) is 28.6. The maximum atomic E-state index is 2.51. The maximum absolute atomic E-state index is 2.51. The summed E-state index contributed by atoms with van der Waals surface area (Å²) in [4.78, 5) is 2.51. The van der Waals surface area contributed by atoms with Crippen LogP contribution in [-0.4, -0.2) is 0 Å². The largest absolute Gasteiger partial charge is 0.309 e. The highest BCUT2D eigenvalue weighted by Crippen LogP contribution is 2.48. The minimum absolute atomic E-state index is 0.513. The summed E-state index contributed by atoms with van der Waals surface area (Å²) in [5.41, 5.74) is 7.53. The van der Waals surface area contributed by atoms with Crippen molar-refractivity contribution >= 4 is 76.5 Å². The summed E-state index contributed by atoms with van der Waals surface area (Å²) in [6, 6.07) is 53.8. The van der Waals surface area contributed by atoms with Crippen LogP contribution in [0, 0.1) is 5.92 Å². The number of nitrogens with zero attached hydrogens (tertiary/aromatic N) is 1. The molecule has 1 aliphatic rings. The summed E-state index contributed by atoms with van der Waals surface area (Å²) in [6.07, 6.45) is 11.6. The highest BCUT2D eigenvalue weighted by atomic mass is 15.1. The summed E-state index contributed by atoms with van der Waals surface area (Å²) in [6.45, 7) is 4.55. The first-order valence-electron chi connectivity index (χ1n) is 17.9. The van der Waals surface area contributed by atoms with Crippen LogP contribution in [0.5, 0.6) is 0 Å². The lowest BCUT2D eigenvalue weighted by Crippen LogP contribution is -2.12. The Morgan fingerprint density at radius 3 is 1.74 bits per heavy atom. The number of benzene rings is 8. The Kier molecular flexibility index (Phi) is 7.55. The monoisotopic (exact) mass is 641 g/mol. The fraction of sp³-hybridized carbons (Fsp3) is 0.102. The highest BCUT2D eigenvalue weighted by Gasteiger charge is 2.23. The number of rotatable bonds is 6. The molecule has 0 amide bonds. The topological polar surface area (TPSA) is 3.24 Å². The van der Waals surface area contributed by atoms with E-state index in [1.165, 1.54) is 87.6 Å². The van der Waals surface area contributed by atoms with Gasteiger partial charge in [0.05, 0.1) is 17.1 Å². The molecule has 0 aromatic heterocycles. The van der Waals surface area contributed by atoms with Crippen molar-refractivity contribution in [3.8, 4) is 0 Å². The van der Waals surface area contributed by atoms with Gasteiger partial charge in [-0.25, -0.2) is 0 Å². The second-order valence-corrected chi connectivity index (χ2v) is 13.6. The number of fused-ring (bicyclic) bond motifs is 7. The van der Waals surface area contributed by atoms with Gasteiger partial charge in [0.15, 0.2) is 0 Å². The summed E-state index contributed by atoms with van der Waals surface area (Å²) >= 11 is 0. The Labute approximate surface area is 294 Å². The molecule has 1 unspecified atom stereocenters. The molecular formula is C49H39N. The molecule has 0 spiro atoms. The van der Waals surface area contributed by atoms with Crippen LogP contribution in [0.2, 0.25) is 0 Å². The number of anilines is 3. The van der Waals surface area contributed by atoms with Gasteiger partial charge in [-0.05, 0) is 97.4 Å².